The first-order valence-electron chi connectivity index (χ1n) is 5.08. The molecule has 1 aliphatic heterocycles. The van der Waals surface area contributed by atoms with Crippen LogP contribution in [-0.2, 0) is 0 Å². The number of nitrogens with two attached hydrogens (primary N) is 1. The summed E-state index contributed by atoms with van der Waals surface area (Å²) < 4.78 is 0. The van der Waals surface area contributed by atoms with Crippen LogP contribution in [0.2, 0.25) is 0 Å². The third-order valence-corrected chi connectivity index (χ3v) is 3.59. The molecule has 1 rings (SSSR count). The fourth-order valence-corrected chi connectivity index (χ4v) is 2.70. The van der Waals surface area contributed by atoms with Gasteiger partial charge in [0.25, 0.3) is 0 Å². The van der Waals surface area contributed by atoms with E-state index in [1.54, 1.807) is 0 Å². The Morgan fingerprint density at radius 1 is 1.57 bits per heavy atom. The Bertz CT molecular complexity index is 190. The first kappa shape index (κ1) is 11.7. The molecule has 0 aromatic heterocycles. The lowest BCUT2D eigenvalue weighted by Crippen LogP contribution is -2.45. The standard InChI is InChI=1S/C9H19N3OS/c1-2-8(9(10)11-13)12-4-3-6-14-7-5-12/h8,13H,2-7H2,1H3,(H2,10,11). The SMILES string of the molecule is CCC(/C(N)=N/O)N1CCCSCC1. The molecule has 0 aromatic carbocycles. The molecule has 3 N–H and O–H groups in total. The average Bonchev–Trinajstić information content (AvgIpc) is 2.47. The Balaban J connectivity index is 2.57. The van der Waals surface area contributed by atoms with Crippen LogP contribution in [0.4, 0.5) is 0 Å². The van der Waals surface area contributed by atoms with E-state index in [1.807, 2.05) is 11.8 Å². The van der Waals surface area contributed by atoms with Crippen LogP contribution in [0, 0.1) is 0 Å². The zero-order valence-electron chi connectivity index (χ0n) is 8.65. The predicted octanol–water partition coefficient (Wildman–Crippen LogP) is 0.950. The molecule has 0 bridgehead atoms. The van der Waals surface area contributed by atoms with Gasteiger partial charge in [0.2, 0.25) is 0 Å². The van der Waals surface area contributed by atoms with Gasteiger partial charge in [-0.2, -0.15) is 11.8 Å². The molecule has 0 spiro atoms. The van der Waals surface area contributed by atoms with E-state index in [0.29, 0.717) is 5.84 Å². The third-order valence-electron chi connectivity index (χ3n) is 2.54. The van der Waals surface area contributed by atoms with Gasteiger partial charge in [-0.05, 0) is 25.1 Å². The highest BCUT2D eigenvalue weighted by molar-refractivity contribution is 7.99. The minimum Gasteiger partial charge on any atom is -0.409 e. The Labute approximate surface area is 89.5 Å². The lowest BCUT2D eigenvalue weighted by Gasteiger charge is -2.28. The molecule has 82 valence electrons. The van der Waals surface area contributed by atoms with Crippen molar-refractivity contribution in [1.29, 1.82) is 0 Å². The van der Waals surface area contributed by atoms with Crippen LogP contribution in [0.25, 0.3) is 0 Å². The number of oxime groups is 1. The zero-order valence-corrected chi connectivity index (χ0v) is 9.46. The molecule has 0 saturated carbocycles. The second kappa shape index (κ2) is 6.14. The number of nitrogens with zero attached hydrogens (tertiary/aromatic N) is 2. The molecule has 1 atom stereocenters. The molecule has 0 radical (unpaired) electrons. The van der Waals surface area contributed by atoms with Crippen LogP contribution in [0.1, 0.15) is 19.8 Å². The van der Waals surface area contributed by atoms with Crippen LogP contribution in [0.3, 0.4) is 0 Å². The van der Waals surface area contributed by atoms with E-state index in [4.69, 9.17) is 10.9 Å². The van der Waals surface area contributed by atoms with Gasteiger partial charge in [-0.25, -0.2) is 0 Å². The molecular formula is C9H19N3OS. The molecule has 0 aromatic rings. The fraction of sp³-hybridized carbons (Fsp3) is 0.889. The van der Waals surface area contributed by atoms with E-state index in [-0.39, 0.29) is 6.04 Å². The van der Waals surface area contributed by atoms with Crippen molar-refractivity contribution in [2.24, 2.45) is 10.9 Å². The van der Waals surface area contributed by atoms with Crippen molar-refractivity contribution in [3.8, 4) is 0 Å². The molecule has 1 saturated heterocycles. The molecule has 1 unspecified atom stereocenters. The van der Waals surface area contributed by atoms with Crippen molar-refractivity contribution in [2.45, 2.75) is 25.8 Å². The van der Waals surface area contributed by atoms with Crippen LogP contribution in [-0.4, -0.2) is 46.6 Å². The van der Waals surface area contributed by atoms with Crippen molar-refractivity contribution < 1.29 is 5.21 Å². The summed E-state index contributed by atoms with van der Waals surface area (Å²) in [6, 6.07) is 0.110. The van der Waals surface area contributed by atoms with E-state index in [0.717, 1.165) is 25.3 Å². The molecule has 1 fully saturated rings. The van der Waals surface area contributed by atoms with Gasteiger partial charge >= 0.3 is 0 Å². The van der Waals surface area contributed by atoms with E-state index >= 15 is 0 Å². The van der Waals surface area contributed by atoms with E-state index < -0.39 is 0 Å². The molecule has 5 heteroatoms. The van der Waals surface area contributed by atoms with Crippen molar-refractivity contribution in [1.82, 2.24) is 4.90 Å². The van der Waals surface area contributed by atoms with Gasteiger partial charge in [-0.3, -0.25) is 4.90 Å². The highest BCUT2D eigenvalue weighted by Crippen LogP contribution is 2.14. The number of thioether (sulfide) groups is 1. The maximum absolute atomic E-state index is 8.67. The maximum Gasteiger partial charge on any atom is 0.156 e. The molecular weight excluding hydrogens is 198 g/mol. The molecule has 4 nitrogen and oxygen atoms in total. The van der Waals surface area contributed by atoms with E-state index in [1.165, 1.54) is 12.2 Å². The van der Waals surface area contributed by atoms with Gasteiger partial charge in [-0.15, -0.1) is 0 Å². The maximum atomic E-state index is 8.67. The van der Waals surface area contributed by atoms with Gasteiger partial charge in [0.1, 0.15) is 0 Å². The van der Waals surface area contributed by atoms with Gasteiger partial charge in [0.15, 0.2) is 5.84 Å². The highest BCUT2D eigenvalue weighted by Gasteiger charge is 2.21. The molecule has 0 aliphatic carbocycles. The third kappa shape index (κ3) is 3.06. The highest BCUT2D eigenvalue weighted by atomic mass is 32.2. The number of amidine groups is 1. The van der Waals surface area contributed by atoms with Gasteiger partial charge < -0.3 is 10.9 Å². The zero-order chi connectivity index (χ0) is 10.4. The average molecular weight is 217 g/mol. The quantitative estimate of drug-likeness (QED) is 0.320. The summed E-state index contributed by atoms with van der Waals surface area (Å²) in [6.07, 6.45) is 2.10. The summed E-state index contributed by atoms with van der Waals surface area (Å²) in [5.41, 5.74) is 5.66. The minimum atomic E-state index is 0.110. The summed E-state index contributed by atoms with van der Waals surface area (Å²) >= 11 is 1.98. The number of hydrogen-bond acceptors (Lipinski definition) is 4. The number of rotatable bonds is 3. The summed E-state index contributed by atoms with van der Waals surface area (Å²) in [7, 11) is 0. The Kier molecular flexibility index (Phi) is 5.11. The summed E-state index contributed by atoms with van der Waals surface area (Å²) in [5.74, 6) is 2.72. The van der Waals surface area contributed by atoms with Crippen LogP contribution >= 0.6 is 11.8 Å². The van der Waals surface area contributed by atoms with Crippen LogP contribution in [0.5, 0.6) is 0 Å². The summed E-state index contributed by atoms with van der Waals surface area (Å²) in [6.45, 7) is 4.17. The van der Waals surface area contributed by atoms with E-state index in [9.17, 15) is 0 Å². The van der Waals surface area contributed by atoms with Crippen molar-refractivity contribution in [3.05, 3.63) is 0 Å². The summed E-state index contributed by atoms with van der Waals surface area (Å²) in [4.78, 5) is 2.31. The van der Waals surface area contributed by atoms with Crippen LogP contribution < -0.4 is 5.73 Å². The normalized spacial score (nSPS) is 23.1. The molecule has 1 heterocycles. The Morgan fingerprint density at radius 2 is 2.36 bits per heavy atom. The first-order chi connectivity index (χ1) is 6.79. The monoisotopic (exact) mass is 217 g/mol. The molecule has 14 heavy (non-hydrogen) atoms. The smallest absolute Gasteiger partial charge is 0.156 e. The first-order valence-corrected chi connectivity index (χ1v) is 6.24. The van der Waals surface area contributed by atoms with Crippen molar-refractivity contribution >= 4 is 17.6 Å². The van der Waals surface area contributed by atoms with Gasteiger partial charge in [-0.1, -0.05) is 12.1 Å². The largest absolute Gasteiger partial charge is 0.409 e. The molecule has 0 amide bonds. The second-order valence-corrected chi connectivity index (χ2v) is 4.68. The second-order valence-electron chi connectivity index (χ2n) is 3.45. The lowest BCUT2D eigenvalue weighted by atomic mass is 10.1. The van der Waals surface area contributed by atoms with Crippen molar-refractivity contribution in [3.63, 3.8) is 0 Å². The summed E-state index contributed by atoms with van der Waals surface area (Å²) in [5, 5.41) is 11.8. The minimum absolute atomic E-state index is 0.110. The predicted molar refractivity (Wildman–Crippen MR) is 61.0 cm³/mol. The number of hydrogen-bond donors (Lipinski definition) is 2. The Hall–Kier alpha value is -0.420. The Morgan fingerprint density at radius 3 is 3.00 bits per heavy atom. The molecule has 1 aliphatic rings. The van der Waals surface area contributed by atoms with Gasteiger partial charge in [0, 0.05) is 12.3 Å². The topological polar surface area (TPSA) is 61.9 Å². The van der Waals surface area contributed by atoms with Gasteiger partial charge in [0.05, 0.1) is 6.04 Å². The van der Waals surface area contributed by atoms with Crippen molar-refractivity contribution in [2.75, 3.05) is 24.6 Å². The van der Waals surface area contributed by atoms with Crippen LogP contribution in [0.15, 0.2) is 5.16 Å². The lowest BCUT2D eigenvalue weighted by molar-refractivity contribution is 0.244. The fourth-order valence-electron chi connectivity index (χ4n) is 1.80. The van der Waals surface area contributed by atoms with E-state index in [2.05, 4.69) is 17.0 Å².